The van der Waals surface area contributed by atoms with E-state index < -0.39 is 28.5 Å². The summed E-state index contributed by atoms with van der Waals surface area (Å²) in [6.45, 7) is 25.8. The first-order chi connectivity index (χ1) is 34.9. The van der Waals surface area contributed by atoms with Gasteiger partial charge in [0.1, 0.15) is 74.6 Å². The summed E-state index contributed by atoms with van der Waals surface area (Å²) in [6.07, 6.45) is 7.26. The highest BCUT2D eigenvalue weighted by Gasteiger charge is 2.60. The average molecular weight is 1030 g/mol. The van der Waals surface area contributed by atoms with Crippen LogP contribution in [-0.4, -0.2) is 140 Å². The number of carbonyl (C=O) groups excluding carboxylic acids is 2. The lowest BCUT2D eigenvalue weighted by Crippen LogP contribution is -2.67. The number of hydrogen-bond donors (Lipinski definition) is 0. The normalized spacial score (nSPS) is 27.3. The lowest BCUT2D eigenvalue weighted by molar-refractivity contribution is -0.360. The van der Waals surface area contributed by atoms with Crippen LogP contribution in [-0.2, 0) is 57.2 Å². The highest BCUT2D eigenvalue weighted by atomic mass is 16.8. The predicted molar refractivity (Wildman–Crippen MR) is 274 cm³/mol. The second-order valence-electron chi connectivity index (χ2n) is 22.3. The number of nitrogens with zero attached hydrogens (tertiary/aromatic N) is 2. The van der Waals surface area contributed by atoms with Crippen LogP contribution in [0.3, 0.4) is 0 Å². The molecule has 0 amide bonds. The number of carbonyl (C=O) groups is 2. The fourth-order valence-corrected chi connectivity index (χ4v) is 10.8. The van der Waals surface area contributed by atoms with E-state index in [4.69, 9.17) is 57.0 Å². The van der Waals surface area contributed by atoms with Crippen molar-refractivity contribution in [3.8, 4) is 11.5 Å². The quantitative estimate of drug-likeness (QED) is 0.0472. The van der Waals surface area contributed by atoms with E-state index in [1.807, 2.05) is 36.4 Å². The van der Waals surface area contributed by atoms with E-state index in [2.05, 4.69) is 91.5 Å². The van der Waals surface area contributed by atoms with Crippen LogP contribution in [0.25, 0.3) is 0 Å². The van der Waals surface area contributed by atoms with Crippen LogP contribution >= 0.6 is 0 Å². The van der Waals surface area contributed by atoms with Crippen LogP contribution < -0.4 is 9.47 Å². The Morgan fingerprint density at radius 1 is 0.562 bits per heavy atom. The molecule has 5 heterocycles. The number of rotatable bonds is 27. The van der Waals surface area contributed by atoms with Crippen LogP contribution in [0, 0.1) is 0 Å². The molecule has 16 nitrogen and oxygen atoms in total. The van der Waals surface area contributed by atoms with Gasteiger partial charge in [-0.3, -0.25) is 19.3 Å². The number of ether oxygens (including phenoxy) is 10. The second kappa shape index (κ2) is 25.6. The maximum Gasteiger partial charge on any atom is 0.305 e. The van der Waals surface area contributed by atoms with Crippen molar-refractivity contribution in [1.29, 1.82) is 0 Å². The van der Waals surface area contributed by atoms with Gasteiger partial charge in [0.25, 0.3) is 0 Å². The number of hydroxylamine groups is 4. The zero-order chi connectivity index (χ0) is 52.3. The maximum atomic E-state index is 12.9. The molecule has 1 spiro atoms. The van der Waals surface area contributed by atoms with Gasteiger partial charge in [0.15, 0.2) is 5.79 Å². The molecule has 2 aromatic rings. The lowest BCUT2D eigenvalue weighted by atomic mass is 9.73. The summed E-state index contributed by atoms with van der Waals surface area (Å²) in [5.74, 6) is 0.286. The van der Waals surface area contributed by atoms with E-state index >= 15 is 0 Å². The van der Waals surface area contributed by atoms with Gasteiger partial charge in [0.2, 0.25) is 0 Å². The molecule has 5 saturated heterocycles. The fraction of sp³-hybridized carbons (Fsp3) is 0.754. The van der Waals surface area contributed by atoms with Gasteiger partial charge < -0.3 is 47.4 Å². The molecule has 73 heavy (non-hydrogen) atoms. The third-order valence-electron chi connectivity index (χ3n) is 15.4. The first kappa shape index (κ1) is 57.3. The molecular weight excluding hydrogens is 937 g/mol. The van der Waals surface area contributed by atoms with Gasteiger partial charge in [-0.1, -0.05) is 64.8 Å². The van der Waals surface area contributed by atoms with Crippen molar-refractivity contribution in [2.45, 2.75) is 211 Å². The monoisotopic (exact) mass is 1020 g/mol. The van der Waals surface area contributed by atoms with E-state index in [0.717, 1.165) is 74.4 Å². The summed E-state index contributed by atoms with van der Waals surface area (Å²) in [5, 5.41) is 4.30. The van der Waals surface area contributed by atoms with E-state index in [1.54, 1.807) is 0 Å². The molecule has 7 unspecified atom stereocenters. The first-order valence-electron chi connectivity index (χ1n) is 27.4. The fourth-order valence-electron chi connectivity index (χ4n) is 10.8. The van der Waals surface area contributed by atoms with Gasteiger partial charge in [0.05, 0.1) is 56.3 Å². The van der Waals surface area contributed by atoms with Gasteiger partial charge in [-0.05, 0) is 115 Å². The number of benzene rings is 2. The average Bonchev–Trinajstić information content (AvgIpc) is 4.34. The van der Waals surface area contributed by atoms with Crippen LogP contribution in [0.4, 0.5) is 0 Å². The Labute approximate surface area is 435 Å². The molecule has 410 valence electrons. The summed E-state index contributed by atoms with van der Waals surface area (Å²) in [7, 11) is 0. The Kier molecular flexibility index (Phi) is 20.1. The largest absolute Gasteiger partial charge is 0.491 e. The number of unbranched alkanes of at least 4 members (excludes halogenated alkanes) is 3. The first-order valence-corrected chi connectivity index (χ1v) is 27.4. The zero-order valence-corrected chi connectivity index (χ0v) is 45.7. The van der Waals surface area contributed by atoms with Gasteiger partial charge in [-0.15, -0.1) is 0 Å². The molecular formula is C57H88N2O14. The molecule has 5 fully saturated rings. The van der Waals surface area contributed by atoms with Gasteiger partial charge in [-0.2, -0.15) is 10.1 Å². The van der Waals surface area contributed by atoms with Crippen molar-refractivity contribution in [3.05, 3.63) is 59.7 Å². The van der Waals surface area contributed by atoms with Crippen LogP contribution in [0.5, 0.6) is 11.5 Å². The van der Waals surface area contributed by atoms with Gasteiger partial charge in [-0.25, -0.2) is 0 Å². The van der Waals surface area contributed by atoms with E-state index in [-0.39, 0.29) is 61.2 Å². The van der Waals surface area contributed by atoms with Crippen LogP contribution in [0.1, 0.15) is 170 Å². The Hall–Kier alpha value is -3.42. The van der Waals surface area contributed by atoms with Crippen molar-refractivity contribution >= 4 is 11.9 Å². The third-order valence-corrected chi connectivity index (χ3v) is 15.4. The standard InChI is InChI=1S/C57H88N2O14/c1-11-55(12-2)38-57(37-53(7,8)58(55)72-41(5)43-21-25-45(26-22-43)63-30-48-32-65-48)70-36-50(71-57)35-68-52(61)20-18-16-15-17-19-51(60)67-34-47-29-62-40-56(13-3,14-4)59(54(9,10)39-69-47)73-42(6)44-23-27-46(28-24-44)64-31-49-33-66-49/h21-28,41-42,47-50H,11-20,29-40H2,1-10H3. The third kappa shape index (κ3) is 15.6. The second-order valence-corrected chi connectivity index (χ2v) is 22.3. The molecule has 5 aliphatic rings. The van der Waals surface area contributed by atoms with Crippen molar-refractivity contribution in [2.24, 2.45) is 0 Å². The minimum absolute atomic E-state index is 0.104. The highest BCUT2D eigenvalue weighted by molar-refractivity contribution is 5.69. The summed E-state index contributed by atoms with van der Waals surface area (Å²) >= 11 is 0. The smallest absolute Gasteiger partial charge is 0.305 e. The molecule has 16 heteroatoms. The SMILES string of the molecule is CCC1(CC)COCC(COC(=O)CCCCCCC(=O)OCC2COC3(CC(C)(C)N(OC(C)c4ccc(OCC5CO5)cc4)C(CC)(CC)C3)O2)OCC(C)(C)N1OC(C)c1ccc(OCC2CO2)cc1. The zero-order valence-electron chi connectivity index (χ0n) is 45.7. The van der Waals surface area contributed by atoms with E-state index in [0.29, 0.717) is 78.2 Å². The summed E-state index contributed by atoms with van der Waals surface area (Å²) in [5.41, 5.74) is 0.405. The predicted octanol–water partition coefficient (Wildman–Crippen LogP) is 9.95. The van der Waals surface area contributed by atoms with E-state index in [1.165, 1.54) is 0 Å². The van der Waals surface area contributed by atoms with Gasteiger partial charge >= 0.3 is 11.9 Å². The lowest BCUT2D eigenvalue weighted by Gasteiger charge is -2.59. The Morgan fingerprint density at radius 2 is 1.03 bits per heavy atom. The molecule has 0 bridgehead atoms. The Balaban J connectivity index is 0.781. The minimum Gasteiger partial charge on any atom is -0.491 e. The molecule has 0 aromatic heterocycles. The molecule has 0 radical (unpaired) electrons. The topological polar surface area (TPSA) is 158 Å². The number of piperidine rings is 1. The van der Waals surface area contributed by atoms with Crippen molar-refractivity contribution < 1.29 is 66.6 Å². The summed E-state index contributed by atoms with van der Waals surface area (Å²) in [4.78, 5) is 39.4. The molecule has 5 aliphatic heterocycles. The van der Waals surface area contributed by atoms with Crippen molar-refractivity contribution in [1.82, 2.24) is 10.1 Å². The van der Waals surface area contributed by atoms with E-state index in [9.17, 15) is 9.59 Å². The van der Waals surface area contributed by atoms with Crippen LogP contribution in [0.2, 0.25) is 0 Å². The summed E-state index contributed by atoms with van der Waals surface area (Å²) < 4.78 is 59.6. The molecule has 0 saturated carbocycles. The summed E-state index contributed by atoms with van der Waals surface area (Å²) in [6, 6.07) is 16.1. The van der Waals surface area contributed by atoms with Crippen LogP contribution in [0.15, 0.2) is 48.5 Å². The number of hydrogen-bond acceptors (Lipinski definition) is 16. The maximum absolute atomic E-state index is 12.9. The minimum atomic E-state index is -0.809. The number of epoxide rings is 2. The number of esters is 2. The highest BCUT2D eigenvalue weighted by Crippen LogP contribution is 2.52. The van der Waals surface area contributed by atoms with Crippen molar-refractivity contribution in [2.75, 3.05) is 66.1 Å². The molecule has 0 aliphatic carbocycles. The Bertz CT molecular complexity index is 2020. The van der Waals surface area contributed by atoms with Gasteiger partial charge in [0, 0.05) is 31.2 Å². The van der Waals surface area contributed by atoms with Crippen molar-refractivity contribution in [3.63, 3.8) is 0 Å². The molecule has 7 atom stereocenters. The molecule has 0 N–H and O–H groups in total. The Morgan fingerprint density at radius 3 is 1.51 bits per heavy atom. The molecule has 7 rings (SSSR count). The molecule has 2 aromatic carbocycles.